The number of carbonyl (C=O) groups is 12. The van der Waals surface area contributed by atoms with E-state index in [0.29, 0.717) is 58.0 Å². The Balaban J connectivity index is 1.26. The van der Waals surface area contributed by atoms with Gasteiger partial charge in [-0.3, -0.25) is 57.5 Å². The fourth-order valence-corrected chi connectivity index (χ4v) is 16.5. The lowest BCUT2D eigenvalue weighted by molar-refractivity contribution is -0.182. The van der Waals surface area contributed by atoms with E-state index >= 15 is 24.0 Å². The molecule has 7 fully saturated rings. The molecule has 13 atom stereocenters. The van der Waals surface area contributed by atoms with Crippen LogP contribution >= 0.6 is 11.6 Å². The zero-order chi connectivity index (χ0) is 71.7. The molecule has 28 heteroatoms. The summed E-state index contributed by atoms with van der Waals surface area (Å²) >= 11 is 6.41. The summed E-state index contributed by atoms with van der Waals surface area (Å²) in [5.74, 6) is -10.6. The summed E-state index contributed by atoms with van der Waals surface area (Å²) in [5, 5.41) is 7.53. The van der Waals surface area contributed by atoms with Gasteiger partial charge in [0.15, 0.2) is 0 Å². The zero-order valence-corrected chi connectivity index (χ0v) is 60.2. The number of halogens is 4. The first-order valence-electron chi connectivity index (χ1n) is 35.8. The zero-order valence-electron chi connectivity index (χ0n) is 59.4. The van der Waals surface area contributed by atoms with Gasteiger partial charge >= 0.3 is 6.18 Å². The molecule has 0 aromatic carbocycles. The summed E-state index contributed by atoms with van der Waals surface area (Å²) in [6.45, 7) is 10.5. The maximum Gasteiger partial charge on any atom is 0.393 e. The van der Waals surface area contributed by atoms with Crippen molar-refractivity contribution in [2.45, 2.75) is 261 Å². The van der Waals surface area contributed by atoms with E-state index in [9.17, 15) is 46.7 Å². The lowest BCUT2D eigenvalue weighted by Crippen LogP contribution is -2.65. The maximum atomic E-state index is 15.4. The first-order chi connectivity index (χ1) is 45.6. The van der Waals surface area contributed by atoms with Crippen LogP contribution in [-0.2, 0) is 57.5 Å². The minimum Gasteiger partial charge on any atom is -0.343 e. The third kappa shape index (κ3) is 18.2. The lowest BCUT2D eigenvalue weighted by atomic mass is 9.78. The molecule has 0 radical (unpaired) electrons. The van der Waals surface area contributed by atoms with E-state index in [-0.39, 0.29) is 89.1 Å². The predicted octanol–water partition coefficient (Wildman–Crippen LogP) is 5.07. The Bertz CT molecular complexity index is 2870. The molecule has 12 amide bonds. The molecular formula is C69H110ClF3N12O12. The van der Waals surface area contributed by atoms with E-state index < -0.39 is 173 Å². The van der Waals surface area contributed by atoms with Gasteiger partial charge in [0.25, 0.3) is 0 Å². The number of nitrogens with zero attached hydrogens (tertiary/aromatic N) is 9. The fourth-order valence-electron chi connectivity index (χ4n) is 16.0. The van der Waals surface area contributed by atoms with Gasteiger partial charge in [-0.25, -0.2) is 0 Å². The van der Waals surface area contributed by atoms with E-state index in [2.05, 4.69) is 16.0 Å². The van der Waals surface area contributed by atoms with Crippen molar-refractivity contribution in [2.75, 3.05) is 75.0 Å². The van der Waals surface area contributed by atoms with Gasteiger partial charge in [0.05, 0.1) is 18.9 Å². The SMILES string of the molecule is CC[C@H](C)[C@@H]1NC(=O)[C@H](C)N(C)C(=O)C[C@@H](C(=O)N2CCCC2)N(C)C(=O)[C@H](C(C)C)N(C)C(=O)C2(CCCC2)NC(=O)[C@@H]2CCCN2C(=O)[C@H](CCC2CCC(C(F)(F)F)C(Cl)C2)NC(=O)[C@@H](C)N(C)C(=O)[C@H](CC2CCCCC2)N(C)C(=O)[C@@H]2CCCN2C(=O)CN(C)C1=O. The third-order valence-corrected chi connectivity index (χ3v) is 23.3. The van der Waals surface area contributed by atoms with Crippen LogP contribution in [0.15, 0.2) is 0 Å². The van der Waals surface area contributed by atoms with Gasteiger partial charge in [-0.2, -0.15) is 13.2 Å². The summed E-state index contributed by atoms with van der Waals surface area (Å²) in [5.41, 5.74) is -1.56. The number of amides is 12. The largest absolute Gasteiger partial charge is 0.393 e. The average molecular weight is 1390 g/mol. The monoisotopic (exact) mass is 1390 g/mol. The smallest absolute Gasteiger partial charge is 0.343 e. The first-order valence-corrected chi connectivity index (χ1v) is 36.2. The van der Waals surface area contributed by atoms with Gasteiger partial charge in [-0.05, 0) is 127 Å². The molecular weight excluding hydrogens is 1280 g/mol. The Hall–Kier alpha value is -6.28. The van der Waals surface area contributed by atoms with Crippen LogP contribution in [0, 0.1) is 29.6 Å². The number of hydrogen-bond donors (Lipinski definition) is 3. The Morgan fingerprint density at radius 1 is 0.588 bits per heavy atom. The van der Waals surface area contributed by atoms with Crippen molar-refractivity contribution >= 4 is 82.5 Å². The van der Waals surface area contributed by atoms with Crippen LogP contribution in [0.25, 0.3) is 0 Å². The van der Waals surface area contributed by atoms with Crippen LogP contribution in [0.3, 0.4) is 0 Å². The van der Waals surface area contributed by atoms with Crippen LogP contribution < -0.4 is 16.0 Å². The van der Waals surface area contributed by atoms with Crippen molar-refractivity contribution in [3.63, 3.8) is 0 Å². The van der Waals surface area contributed by atoms with Gasteiger partial charge in [0, 0.05) is 73.8 Å². The van der Waals surface area contributed by atoms with E-state index in [1.807, 2.05) is 6.92 Å². The van der Waals surface area contributed by atoms with Gasteiger partial charge < -0.3 is 60.0 Å². The second kappa shape index (κ2) is 33.7. The number of nitrogens with one attached hydrogen (secondary N) is 3. The standard InChI is InChI=1S/C69H110ClF3N12O12/c1-13-42(4)56-65(95)77(7)40-55(87)84-35-22-26-51(84)62(92)80(10)52(38-45-23-15-14-16-24-45)63(93)79(9)44(6)58(88)74-49(30-28-46-27-29-47(48(70)37-46)69(71,72)73)61(91)85-36-21-25-50(85)60(90)76-68(31-17-18-32-68)67(97)82(12)57(41(2)3)66(96)81(11)53(64(94)83-33-19-20-34-83)39-54(86)78(8)43(5)59(89)75-56/h41-53,56-57H,13-40H2,1-12H3,(H,74,88)(H,75,89)(H,76,90)/t42-,43-,44+,46?,47?,48?,49-,50-,51-,52-,53-,56-,57-/m0/s1. The molecule has 3 N–H and O–H groups in total. The number of rotatable bonds is 9. The molecule has 7 aliphatic rings. The molecule has 97 heavy (non-hydrogen) atoms. The summed E-state index contributed by atoms with van der Waals surface area (Å²) in [4.78, 5) is 190. The van der Waals surface area contributed by atoms with Crippen LogP contribution in [0.2, 0.25) is 0 Å². The van der Waals surface area contributed by atoms with Crippen molar-refractivity contribution in [3.8, 4) is 0 Å². The second-order valence-electron chi connectivity index (χ2n) is 29.6. The summed E-state index contributed by atoms with van der Waals surface area (Å²) in [6.07, 6.45) is 4.00. The van der Waals surface area contributed by atoms with Gasteiger partial charge in [0.1, 0.15) is 59.9 Å². The normalized spacial score (nSPS) is 31.5. The molecule has 4 aliphatic heterocycles. The maximum absolute atomic E-state index is 15.4. The minimum absolute atomic E-state index is 0.00117. The molecule has 24 nitrogen and oxygen atoms in total. The highest BCUT2D eigenvalue weighted by Crippen LogP contribution is 2.44. The molecule has 3 saturated carbocycles. The van der Waals surface area contributed by atoms with E-state index in [0.717, 1.165) is 37.0 Å². The van der Waals surface area contributed by atoms with Gasteiger partial charge in [0.2, 0.25) is 70.9 Å². The Morgan fingerprint density at radius 2 is 1.19 bits per heavy atom. The Kier molecular flexibility index (Phi) is 27.1. The highest BCUT2D eigenvalue weighted by Gasteiger charge is 2.52. The van der Waals surface area contributed by atoms with Crippen molar-refractivity contribution in [3.05, 3.63) is 0 Å². The van der Waals surface area contributed by atoms with Crippen molar-refractivity contribution < 1.29 is 70.7 Å². The summed E-state index contributed by atoms with van der Waals surface area (Å²) in [6, 6.07) is -11.0. The summed E-state index contributed by atoms with van der Waals surface area (Å²) in [7, 11) is 8.58. The molecule has 546 valence electrons. The molecule has 1 spiro atoms. The van der Waals surface area contributed by atoms with Crippen LogP contribution in [0.5, 0.6) is 0 Å². The average Bonchev–Trinajstić information content (AvgIpc) is 1.75. The van der Waals surface area contributed by atoms with Crippen LogP contribution in [0.4, 0.5) is 13.2 Å². The van der Waals surface area contributed by atoms with Crippen molar-refractivity contribution in [1.29, 1.82) is 0 Å². The number of likely N-dealkylation sites (N-methyl/N-ethyl adjacent to an activating group) is 6. The molecule has 3 aliphatic carbocycles. The minimum atomic E-state index is -4.51. The van der Waals surface area contributed by atoms with Crippen molar-refractivity contribution in [2.24, 2.45) is 29.6 Å². The highest BCUT2D eigenvalue weighted by atomic mass is 35.5. The molecule has 4 heterocycles. The van der Waals surface area contributed by atoms with E-state index in [4.69, 9.17) is 11.6 Å². The number of alkyl halides is 4. The molecule has 0 bridgehead atoms. The number of hydrogen-bond acceptors (Lipinski definition) is 12. The van der Waals surface area contributed by atoms with Crippen molar-refractivity contribution in [1.82, 2.24) is 60.0 Å². The van der Waals surface area contributed by atoms with Gasteiger partial charge in [-0.15, -0.1) is 11.6 Å². The number of likely N-dealkylation sites (tertiary alicyclic amines) is 1. The van der Waals surface area contributed by atoms with E-state index in [1.54, 1.807) is 25.7 Å². The first kappa shape index (κ1) is 78.1. The Labute approximate surface area is 576 Å². The predicted molar refractivity (Wildman–Crippen MR) is 356 cm³/mol. The quantitative estimate of drug-likeness (QED) is 0.256. The van der Waals surface area contributed by atoms with Gasteiger partial charge in [-0.1, -0.05) is 79.1 Å². The van der Waals surface area contributed by atoms with Crippen LogP contribution in [0.1, 0.15) is 189 Å². The topological polar surface area (TPSA) is 270 Å². The number of fused-ring (bicyclic) bond motifs is 2. The lowest BCUT2D eigenvalue weighted by Gasteiger charge is -2.41. The number of carbonyl (C=O) groups excluding carboxylic acids is 12. The molecule has 3 unspecified atom stereocenters. The molecule has 0 aromatic rings. The molecule has 7 rings (SSSR count). The molecule has 0 aromatic heterocycles. The van der Waals surface area contributed by atoms with E-state index in [1.165, 1.54) is 90.4 Å². The fraction of sp³-hybridized carbons (Fsp3) is 0.826. The Morgan fingerprint density at radius 3 is 1.78 bits per heavy atom. The second-order valence-corrected chi connectivity index (χ2v) is 30.1. The summed E-state index contributed by atoms with van der Waals surface area (Å²) < 4.78 is 42.0. The van der Waals surface area contributed by atoms with Crippen LogP contribution in [-0.4, -0.2) is 261 Å². The highest BCUT2D eigenvalue weighted by molar-refractivity contribution is 6.21. The molecule has 4 saturated heterocycles. The third-order valence-electron chi connectivity index (χ3n) is 22.8.